The summed E-state index contributed by atoms with van der Waals surface area (Å²) in [4.78, 5) is 17.6. The van der Waals surface area contributed by atoms with Gasteiger partial charge in [0.05, 0.1) is 4.88 Å². The standard InChI is InChI=1S/C17H26N2OS/c1-2-11-19(14-7-9-18-10-8-14)17(20)16-12-13-5-3-4-6-15(13)21-16/h12,14,18H,2-11H2,1H3. The third-order valence-corrected chi connectivity index (χ3v) is 5.91. The quantitative estimate of drug-likeness (QED) is 0.926. The van der Waals surface area contributed by atoms with Gasteiger partial charge in [0.25, 0.3) is 5.91 Å². The molecule has 0 radical (unpaired) electrons. The lowest BCUT2D eigenvalue weighted by molar-refractivity contribution is 0.0647. The van der Waals surface area contributed by atoms with Crippen molar-refractivity contribution in [2.45, 2.75) is 57.9 Å². The third-order valence-electron chi connectivity index (χ3n) is 4.68. The fraction of sp³-hybridized carbons (Fsp3) is 0.706. The highest BCUT2D eigenvalue weighted by Crippen LogP contribution is 2.31. The minimum Gasteiger partial charge on any atom is -0.335 e. The van der Waals surface area contributed by atoms with Crippen LogP contribution in [0.25, 0.3) is 0 Å². The molecule has 21 heavy (non-hydrogen) atoms. The number of nitrogens with zero attached hydrogens (tertiary/aromatic N) is 1. The van der Waals surface area contributed by atoms with Gasteiger partial charge < -0.3 is 10.2 Å². The van der Waals surface area contributed by atoms with Crippen molar-refractivity contribution < 1.29 is 4.79 Å². The van der Waals surface area contributed by atoms with E-state index in [-0.39, 0.29) is 5.91 Å². The van der Waals surface area contributed by atoms with Crippen LogP contribution >= 0.6 is 11.3 Å². The van der Waals surface area contributed by atoms with Crippen molar-refractivity contribution in [3.8, 4) is 0 Å². The van der Waals surface area contributed by atoms with Gasteiger partial charge in [0.1, 0.15) is 0 Å². The molecule has 1 N–H and O–H groups in total. The van der Waals surface area contributed by atoms with Gasteiger partial charge in [-0.2, -0.15) is 0 Å². The number of carbonyl (C=O) groups excluding carboxylic acids is 1. The van der Waals surface area contributed by atoms with Crippen LogP contribution in [0.4, 0.5) is 0 Å². The third kappa shape index (κ3) is 3.32. The zero-order valence-corrected chi connectivity index (χ0v) is 13.8. The molecule has 1 saturated heterocycles. The molecule has 2 aliphatic rings. The molecule has 1 aliphatic heterocycles. The Balaban J connectivity index is 1.77. The number of fused-ring (bicyclic) bond motifs is 1. The molecule has 4 heteroatoms. The van der Waals surface area contributed by atoms with Crippen LogP contribution < -0.4 is 5.32 Å². The molecule has 0 saturated carbocycles. The molecule has 3 nitrogen and oxygen atoms in total. The summed E-state index contributed by atoms with van der Waals surface area (Å²) >= 11 is 1.75. The number of carbonyl (C=O) groups is 1. The van der Waals surface area contributed by atoms with E-state index in [1.807, 2.05) is 0 Å². The Labute approximate surface area is 131 Å². The maximum atomic E-state index is 13.0. The lowest BCUT2D eigenvalue weighted by Crippen LogP contribution is -2.46. The summed E-state index contributed by atoms with van der Waals surface area (Å²) in [5.41, 5.74) is 1.44. The van der Waals surface area contributed by atoms with E-state index in [1.54, 1.807) is 11.3 Å². The molecule has 1 amide bonds. The van der Waals surface area contributed by atoms with Crippen LogP contribution in [-0.4, -0.2) is 36.5 Å². The van der Waals surface area contributed by atoms with Gasteiger partial charge in [0, 0.05) is 17.5 Å². The van der Waals surface area contributed by atoms with Gasteiger partial charge in [-0.15, -0.1) is 11.3 Å². The van der Waals surface area contributed by atoms with Gasteiger partial charge in [-0.3, -0.25) is 4.79 Å². The van der Waals surface area contributed by atoms with Gasteiger partial charge in [-0.05, 0) is 69.7 Å². The average Bonchev–Trinajstić information content (AvgIpc) is 2.97. The molecule has 3 rings (SSSR count). The van der Waals surface area contributed by atoms with Crippen molar-refractivity contribution in [2.24, 2.45) is 0 Å². The zero-order chi connectivity index (χ0) is 14.7. The van der Waals surface area contributed by atoms with Gasteiger partial charge in [-0.25, -0.2) is 0 Å². The Hall–Kier alpha value is -0.870. The maximum Gasteiger partial charge on any atom is 0.264 e. The zero-order valence-electron chi connectivity index (χ0n) is 13.0. The Morgan fingerprint density at radius 2 is 2.10 bits per heavy atom. The van der Waals surface area contributed by atoms with Crippen molar-refractivity contribution in [1.82, 2.24) is 10.2 Å². The predicted octanol–water partition coefficient (Wildman–Crippen LogP) is 3.23. The first-order valence-electron chi connectivity index (χ1n) is 8.43. The summed E-state index contributed by atoms with van der Waals surface area (Å²) < 4.78 is 0. The normalized spacial score (nSPS) is 19.3. The molecule has 1 aliphatic carbocycles. The van der Waals surface area contributed by atoms with Crippen LogP contribution in [0.5, 0.6) is 0 Å². The molecule has 0 atom stereocenters. The Bertz CT molecular complexity index is 467. The molecule has 1 aromatic rings. The fourth-order valence-corrected chi connectivity index (χ4v) is 4.76. The largest absolute Gasteiger partial charge is 0.335 e. The fourth-order valence-electron chi connectivity index (χ4n) is 3.55. The molecule has 0 bridgehead atoms. The van der Waals surface area contributed by atoms with E-state index in [0.717, 1.165) is 43.8 Å². The Kier molecular flexibility index (Phi) is 4.96. The minimum absolute atomic E-state index is 0.281. The van der Waals surface area contributed by atoms with Crippen LogP contribution in [0, 0.1) is 0 Å². The first-order chi connectivity index (χ1) is 10.3. The highest BCUT2D eigenvalue weighted by Gasteiger charge is 2.27. The van der Waals surface area contributed by atoms with Crippen molar-refractivity contribution in [2.75, 3.05) is 19.6 Å². The van der Waals surface area contributed by atoms with E-state index in [2.05, 4.69) is 23.2 Å². The van der Waals surface area contributed by atoms with Crippen LogP contribution in [0.3, 0.4) is 0 Å². The Morgan fingerprint density at radius 3 is 2.81 bits per heavy atom. The first kappa shape index (κ1) is 15.0. The van der Waals surface area contributed by atoms with E-state index in [1.165, 1.54) is 36.1 Å². The first-order valence-corrected chi connectivity index (χ1v) is 9.24. The highest BCUT2D eigenvalue weighted by atomic mass is 32.1. The summed E-state index contributed by atoms with van der Waals surface area (Å²) in [5.74, 6) is 0.281. The minimum atomic E-state index is 0.281. The monoisotopic (exact) mass is 306 g/mol. The predicted molar refractivity (Wildman–Crippen MR) is 88.2 cm³/mol. The van der Waals surface area contributed by atoms with Gasteiger partial charge in [0.2, 0.25) is 0 Å². The second-order valence-corrected chi connectivity index (χ2v) is 7.38. The molecule has 116 valence electrons. The number of thiophene rings is 1. The molecular weight excluding hydrogens is 280 g/mol. The second kappa shape index (κ2) is 6.93. The van der Waals surface area contributed by atoms with E-state index in [9.17, 15) is 4.79 Å². The topological polar surface area (TPSA) is 32.3 Å². The summed E-state index contributed by atoms with van der Waals surface area (Å²) in [6.07, 6.45) is 8.14. The Morgan fingerprint density at radius 1 is 1.33 bits per heavy atom. The van der Waals surface area contributed by atoms with Crippen LogP contribution in [-0.2, 0) is 12.8 Å². The van der Waals surface area contributed by atoms with Crippen LogP contribution in [0.15, 0.2) is 6.07 Å². The van der Waals surface area contributed by atoms with E-state index < -0.39 is 0 Å². The molecule has 0 spiro atoms. The van der Waals surface area contributed by atoms with Gasteiger partial charge in [0.15, 0.2) is 0 Å². The smallest absolute Gasteiger partial charge is 0.264 e. The molecule has 0 unspecified atom stereocenters. The number of piperidine rings is 1. The van der Waals surface area contributed by atoms with E-state index >= 15 is 0 Å². The second-order valence-electron chi connectivity index (χ2n) is 6.25. The number of nitrogens with one attached hydrogen (secondary N) is 1. The van der Waals surface area contributed by atoms with Crippen molar-refractivity contribution in [3.63, 3.8) is 0 Å². The molecule has 1 fully saturated rings. The highest BCUT2D eigenvalue weighted by molar-refractivity contribution is 7.14. The van der Waals surface area contributed by atoms with Crippen molar-refractivity contribution in [3.05, 3.63) is 21.4 Å². The summed E-state index contributed by atoms with van der Waals surface area (Å²) in [6, 6.07) is 2.61. The lowest BCUT2D eigenvalue weighted by atomic mass is 9.99. The lowest BCUT2D eigenvalue weighted by Gasteiger charge is -2.34. The summed E-state index contributed by atoms with van der Waals surface area (Å²) in [7, 11) is 0. The number of aryl methyl sites for hydroxylation is 2. The van der Waals surface area contributed by atoms with Crippen molar-refractivity contribution >= 4 is 17.2 Å². The molecular formula is C17H26N2OS. The number of amides is 1. The van der Waals surface area contributed by atoms with Crippen LogP contribution in [0.1, 0.15) is 59.1 Å². The summed E-state index contributed by atoms with van der Waals surface area (Å²) in [5, 5.41) is 3.39. The van der Waals surface area contributed by atoms with E-state index in [4.69, 9.17) is 0 Å². The number of hydrogen-bond donors (Lipinski definition) is 1. The molecule has 2 heterocycles. The molecule has 1 aromatic heterocycles. The average molecular weight is 306 g/mol. The van der Waals surface area contributed by atoms with Crippen LogP contribution in [0.2, 0.25) is 0 Å². The SMILES string of the molecule is CCCN(C(=O)c1cc2c(s1)CCCC2)C1CCNCC1. The van der Waals surface area contributed by atoms with Crippen molar-refractivity contribution in [1.29, 1.82) is 0 Å². The molecule has 0 aromatic carbocycles. The number of hydrogen-bond acceptors (Lipinski definition) is 3. The summed E-state index contributed by atoms with van der Waals surface area (Å²) in [6.45, 7) is 5.14. The van der Waals surface area contributed by atoms with E-state index in [0.29, 0.717) is 6.04 Å². The maximum absolute atomic E-state index is 13.0. The van der Waals surface area contributed by atoms with Gasteiger partial charge in [-0.1, -0.05) is 6.92 Å². The number of rotatable bonds is 4. The van der Waals surface area contributed by atoms with Gasteiger partial charge >= 0.3 is 0 Å².